The van der Waals surface area contributed by atoms with Crippen molar-refractivity contribution < 1.29 is 14.3 Å². The molecule has 1 aromatic heterocycles. The summed E-state index contributed by atoms with van der Waals surface area (Å²) in [6, 6.07) is 4.97. The van der Waals surface area contributed by atoms with Gasteiger partial charge < -0.3 is 14.0 Å². The predicted molar refractivity (Wildman–Crippen MR) is 112 cm³/mol. The minimum Gasteiger partial charge on any atom is -0.496 e. The molecule has 2 heterocycles. The Kier molecular flexibility index (Phi) is 5.51. The third kappa shape index (κ3) is 3.78. The monoisotopic (exact) mass is 422 g/mol. The average Bonchev–Trinajstić information content (AvgIpc) is 3.01. The van der Waals surface area contributed by atoms with Gasteiger partial charge in [-0.25, -0.2) is 0 Å². The van der Waals surface area contributed by atoms with E-state index in [4.69, 9.17) is 21.1 Å². The fourth-order valence-electron chi connectivity index (χ4n) is 3.76. The second-order valence-corrected chi connectivity index (χ2v) is 9.87. The molecule has 1 aliphatic rings. The van der Waals surface area contributed by atoms with Crippen LogP contribution in [0.1, 0.15) is 62.5 Å². The SMILES string of the molecule is COc1ccc(Cl)cc1C(=O)/N=c1\sc2c(n1CC(C)C)C(C)(C)OC2(C)C. The third-order valence-corrected chi connectivity index (χ3v) is 6.29. The van der Waals surface area contributed by atoms with Crippen LogP contribution in [0.25, 0.3) is 0 Å². The lowest BCUT2D eigenvalue weighted by molar-refractivity contribution is -0.106. The Morgan fingerprint density at radius 2 is 1.96 bits per heavy atom. The van der Waals surface area contributed by atoms with Gasteiger partial charge in [0.15, 0.2) is 4.80 Å². The van der Waals surface area contributed by atoms with Gasteiger partial charge >= 0.3 is 0 Å². The second-order valence-electron chi connectivity index (χ2n) is 8.45. The maximum Gasteiger partial charge on any atom is 0.283 e. The van der Waals surface area contributed by atoms with Crippen LogP contribution in [0.5, 0.6) is 5.75 Å². The summed E-state index contributed by atoms with van der Waals surface area (Å²) in [5.74, 6) is 0.489. The second kappa shape index (κ2) is 7.32. The van der Waals surface area contributed by atoms with Crippen LogP contribution in [-0.4, -0.2) is 17.6 Å². The Morgan fingerprint density at radius 1 is 1.29 bits per heavy atom. The van der Waals surface area contributed by atoms with E-state index in [1.165, 1.54) is 18.4 Å². The highest BCUT2D eigenvalue weighted by molar-refractivity contribution is 7.09. The number of fused-ring (bicyclic) bond motifs is 1. The zero-order valence-electron chi connectivity index (χ0n) is 17.4. The molecule has 0 spiro atoms. The molecule has 0 saturated carbocycles. The van der Waals surface area contributed by atoms with Crippen molar-refractivity contribution in [3.05, 3.63) is 44.2 Å². The fraction of sp³-hybridized carbons (Fsp3) is 0.524. The quantitative estimate of drug-likeness (QED) is 0.687. The van der Waals surface area contributed by atoms with Gasteiger partial charge in [-0.1, -0.05) is 36.8 Å². The number of ether oxygens (including phenoxy) is 2. The van der Waals surface area contributed by atoms with Crippen molar-refractivity contribution in [2.45, 2.75) is 59.3 Å². The molecule has 5 nitrogen and oxygen atoms in total. The maximum absolute atomic E-state index is 13.0. The molecular formula is C21H27ClN2O3S. The third-order valence-electron chi connectivity index (χ3n) is 4.67. The number of rotatable bonds is 4. The Morgan fingerprint density at radius 3 is 2.57 bits per heavy atom. The van der Waals surface area contributed by atoms with Gasteiger partial charge in [-0.3, -0.25) is 4.79 Å². The summed E-state index contributed by atoms with van der Waals surface area (Å²) >= 11 is 7.61. The van der Waals surface area contributed by atoms with Crippen molar-refractivity contribution in [1.82, 2.24) is 4.57 Å². The Balaban J connectivity index is 2.20. The fourth-order valence-corrected chi connectivity index (χ4v) is 5.26. The number of methoxy groups -OCH3 is 1. The molecule has 0 radical (unpaired) electrons. The normalized spacial score (nSPS) is 17.8. The van der Waals surface area contributed by atoms with Gasteiger partial charge in [0.2, 0.25) is 0 Å². The summed E-state index contributed by atoms with van der Waals surface area (Å²) in [6.45, 7) is 13.3. The van der Waals surface area contributed by atoms with Crippen molar-refractivity contribution >= 4 is 28.8 Å². The summed E-state index contributed by atoms with van der Waals surface area (Å²) in [4.78, 5) is 19.3. The van der Waals surface area contributed by atoms with Crippen molar-refractivity contribution in [1.29, 1.82) is 0 Å². The lowest BCUT2D eigenvalue weighted by Gasteiger charge is -2.26. The molecule has 0 unspecified atom stereocenters. The van der Waals surface area contributed by atoms with Gasteiger partial charge in [-0.2, -0.15) is 4.99 Å². The number of aromatic nitrogens is 1. The van der Waals surface area contributed by atoms with Gasteiger partial charge in [0.05, 0.1) is 28.8 Å². The Bertz CT molecular complexity index is 986. The van der Waals surface area contributed by atoms with E-state index >= 15 is 0 Å². The van der Waals surface area contributed by atoms with Gasteiger partial charge in [-0.15, -0.1) is 0 Å². The van der Waals surface area contributed by atoms with Crippen molar-refractivity contribution in [2.24, 2.45) is 10.9 Å². The maximum atomic E-state index is 13.0. The highest BCUT2D eigenvalue weighted by Gasteiger charge is 2.47. The summed E-state index contributed by atoms with van der Waals surface area (Å²) in [6.07, 6.45) is 0. The molecule has 0 N–H and O–H groups in total. The van der Waals surface area contributed by atoms with Crippen LogP contribution in [-0.2, 0) is 22.5 Å². The van der Waals surface area contributed by atoms with Crippen LogP contribution in [0.3, 0.4) is 0 Å². The molecule has 2 aromatic rings. The Labute approximate surface area is 175 Å². The van der Waals surface area contributed by atoms with E-state index in [9.17, 15) is 4.79 Å². The number of carbonyl (C=O) groups excluding carboxylic acids is 1. The Hall–Kier alpha value is -1.63. The zero-order chi connectivity index (χ0) is 20.9. The molecule has 0 aliphatic carbocycles. The first-order chi connectivity index (χ1) is 13.0. The summed E-state index contributed by atoms with van der Waals surface area (Å²) < 4.78 is 13.7. The number of nitrogens with zero attached hydrogens (tertiary/aromatic N) is 2. The first kappa shape index (κ1) is 21.1. The van der Waals surface area contributed by atoms with E-state index in [-0.39, 0.29) is 5.91 Å². The number of hydrogen-bond donors (Lipinski definition) is 0. The van der Waals surface area contributed by atoms with E-state index in [2.05, 4.69) is 51.1 Å². The number of hydrogen-bond acceptors (Lipinski definition) is 4. The first-order valence-electron chi connectivity index (χ1n) is 9.33. The molecule has 152 valence electrons. The first-order valence-corrected chi connectivity index (χ1v) is 10.5. The number of carbonyl (C=O) groups is 1. The minimum absolute atomic E-state index is 0.356. The lowest BCUT2D eigenvalue weighted by atomic mass is 10.0. The number of amides is 1. The summed E-state index contributed by atoms with van der Waals surface area (Å²) in [5, 5.41) is 0.471. The molecule has 3 rings (SSSR count). The number of thiazole rings is 1. The highest BCUT2D eigenvalue weighted by atomic mass is 35.5. The van der Waals surface area contributed by atoms with E-state index in [0.29, 0.717) is 27.1 Å². The van der Waals surface area contributed by atoms with Crippen LogP contribution >= 0.6 is 22.9 Å². The van der Waals surface area contributed by atoms with Crippen molar-refractivity contribution in [3.63, 3.8) is 0 Å². The molecule has 0 fully saturated rings. The standard InChI is InChI=1S/C21H27ClN2O3S/c1-12(2)11-24-16-17(21(5,6)27-20(16,3)4)28-19(24)23-18(25)14-10-13(22)8-9-15(14)26-7/h8-10,12H,11H2,1-7H3/b23-19-. The highest BCUT2D eigenvalue weighted by Crippen LogP contribution is 2.48. The molecule has 28 heavy (non-hydrogen) atoms. The van der Waals surface area contributed by atoms with E-state index < -0.39 is 11.2 Å². The lowest BCUT2D eigenvalue weighted by Crippen LogP contribution is -2.30. The van der Waals surface area contributed by atoms with E-state index in [1.807, 2.05) is 0 Å². The van der Waals surface area contributed by atoms with Gasteiger partial charge in [-0.05, 0) is 51.8 Å². The van der Waals surface area contributed by atoms with Crippen LogP contribution < -0.4 is 9.54 Å². The molecule has 7 heteroatoms. The largest absolute Gasteiger partial charge is 0.496 e. The smallest absolute Gasteiger partial charge is 0.283 e. The van der Waals surface area contributed by atoms with E-state index in [0.717, 1.165) is 17.1 Å². The van der Waals surface area contributed by atoms with Gasteiger partial charge in [0.1, 0.15) is 11.4 Å². The predicted octanol–water partition coefficient (Wildman–Crippen LogP) is 5.11. The average molecular weight is 423 g/mol. The van der Waals surface area contributed by atoms with Crippen LogP contribution in [0.4, 0.5) is 0 Å². The molecular weight excluding hydrogens is 396 g/mol. The zero-order valence-corrected chi connectivity index (χ0v) is 19.0. The van der Waals surface area contributed by atoms with Crippen LogP contribution in [0.15, 0.2) is 23.2 Å². The van der Waals surface area contributed by atoms with Crippen LogP contribution in [0, 0.1) is 5.92 Å². The van der Waals surface area contributed by atoms with Crippen molar-refractivity contribution in [2.75, 3.05) is 7.11 Å². The number of halogens is 1. The molecule has 0 saturated heterocycles. The summed E-state index contributed by atoms with van der Waals surface area (Å²) in [7, 11) is 1.53. The number of benzene rings is 1. The topological polar surface area (TPSA) is 52.8 Å². The van der Waals surface area contributed by atoms with Gasteiger partial charge in [0.25, 0.3) is 5.91 Å². The molecule has 0 atom stereocenters. The van der Waals surface area contributed by atoms with E-state index in [1.54, 1.807) is 18.2 Å². The van der Waals surface area contributed by atoms with Crippen molar-refractivity contribution in [3.8, 4) is 5.75 Å². The molecule has 1 aromatic carbocycles. The van der Waals surface area contributed by atoms with Crippen LogP contribution in [0.2, 0.25) is 5.02 Å². The molecule has 1 aliphatic heterocycles. The van der Waals surface area contributed by atoms with Gasteiger partial charge in [0, 0.05) is 11.6 Å². The minimum atomic E-state index is -0.450. The molecule has 1 amide bonds. The summed E-state index contributed by atoms with van der Waals surface area (Å²) in [5.41, 5.74) is 0.580. The molecule has 0 bridgehead atoms.